The molecule has 1 N–H and O–H groups in total. The van der Waals surface area contributed by atoms with Crippen molar-refractivity contribution < 1.29 is 14.3 Å². The van der Waals surface area contributed by atoms with Crippen LogP contribution in [0.4, 0.5) is 0 Å². The first-order valence-corrected chi connectivity index (χ1v) is 7.67. The maximum Gasteiger partial charge on any atom is 0.179 e. The number of ether oxygens (including phenoxy) is 2. The van der Waals surface area contributed by atoms with Gasteiger partial charge in [0.25, 0.3) is 0 Å². The smallest absolute Gasteiger partial charge is 0.179 e. The zero-order valence-electron chi connectivity index (χ0n) is 11.5. The Morgan fingerprint density at radius 1 is 1.15 bits per heavy atom. The Kier molecular flexibility index (Phi) is 4.65. The van der Waals surface area contributed by atoms with Crippen molar-refractivity contribution in [1.82, 2.24) is 5.48 Å². The van der Waals surface area contributed by atoms with E-state index >= 15 is 0 Å². The molecule has 1 aromatic carbocycles. The second-order valence-electron chi connectivity index (χ2n) is 5.30. The average Bonchev–Trinajstić information content (AvgIpc) is 2.83. The summed E-state index contributed by atoms with van der Waals surface area (Å²) in [5.74, 6) is 1.39. The normalized spacial score (nSPS) is 19.1. The van der Waals surface area contributed by atoms with Gasteiger partial charge in [-0.05, 0) is 30.5 Å². The number of fused-ring (bicyclic) bond motifs is 1. The molecule has 20 heavy (non-hydrogen) atoms. The number of nitrogens with one attached hydrogen (secondary N) is 1. The van der Waals surface area contributed by atoms with Gasteiger partial charge in [0.15, 0.2) is 11.5 Å². The molecule has 0 unspecified atom stereocenters. The van der Waals surface area contributed by atoms with Crippen molar-refractivity contribution in [3.05, 3.63) is 22.7 Å². The minimum atomic E-state index is 0.353. The van der Waals surface area contributed by atoms with Crippen molar-refractivity contribution in [3.8, 4) is 11.5 Å². The standard InChI is InChI=1S/C15H20ClNO3/c16-13-8-11(10-17-20-12-4-1-2-5-12)9-14-15(13)19-7-3-6-18-14/h8-9,12,17H,1-7,10H2. The van der Waals surface area contributed by atoms with Crippen LogP contribution < -0.4 is 15.0 Å². The fourth-order valence-corrected chi connectivity index (χ4v) is 2.92. The van der Waals surface area contributed by atoms with Gasteiger partial charge in [-0.3, -0.25) is 4.84 Å². The summed E-state index contributed by atoms with van der Waals surface area (Å²) < 4.78 is 11.3. The number of hydrogen-bond donors (Lipinski definition) is 1. The fourth-order valence-electron chi connectivity index (χ4n) is 2.64. The molecule has 1 fully saturated rings. The Bertz CT molecular complexity index is 461. The lowest BCUT2D eigenvalue weighted by molar-refractivity contribution is -0.0244. The van der Waals surface area contributed by atoms with Gasteiger partial charge in [0.05, 0.1) is 24.3 Å². The molecule has 1 aromatic rings. The molecule has 4 nitrogen and oxygen atoms in total. The molecule has 1 aliphatic carbocycles. The third-order valence-corrected chi connectivity index (χ3v) is 3.97. The summed E-state index contributed by atoms with van der Waals surface area (Å²) in [6.07, 6.45) is 6.06. The molecule has 1 heterocycles. The van der Waals surface area contributed by atoms with Crippen molar-refractivity contribution in [2.75, 3.05) is 13.2 Å². The summed E-state index contributed by atoms with van der Waals surface area (Å²) in [4.78, 5) is 5.65. The highest BCUT2D eigenvalue weighted by Gasteiger charge is 2.17. The van der Waals surface area contributed by atoms with E-state index in [9.17, 15) is 0 Å². The first kappa shape index (κ1) is 14.0. The van der Waals surface area contributed by atoms with Crippen LogP contribution in [-0.4, -0.2) is 19.3 Å². The zero-order valence-corrected chi connectivity index (χ0v) is 12.2. The quantitative estimate of drug-likeness (QED) is 0.864. The van der Waals surface area contributed by atoms with Crippen LogP contribution in [0.25, 0.3) is 0 Å². The Morgan fingerprint density at radius 2 is 1.95 bits per heavy atom. The molecular formula is C15H20ClNO3. The summed E-state index contributed by atoms with van der Waals surface area (Å²) in [7, 11) is 0. The molecule has 1 aliphatic heterocycles. The van der Waals surface area contributed by atoms with Gasteiger partial charge in [-0.25, -0.2) is 0 Å². The van der Waals surface area contributed by atoms with Crippen LogP contribution in [0.1, 0.15) is 37.7 Å². The van der Waals surface area contributed by atoms with Crippen LogP contribution in [0.15, 0.2) is 12.1 Å². The highest BCUT2D eigenvalue weighted by Crippen LogP contribution is 2.37. The van der Waals surface area contributed by atoms with Crippen LogP contribution in [-0.2, 0) is 11.4 Å². The molecule has 0 saturated heterocycles. The lowest BCUT2D eigenvalue weighted by Crippen LogP contribution is -2.21. The Morgan fingerprint density at radius 3 is 2.80 bits per heavy atom. The monoisotopic (exact) mass is 297 g/mol. The molecule has 0 bridgehead atoms. The van der Waals surface area contributed by atoms with Crippen molar-refractivity contribution >= 4 is 11.6 Å². The first-order valence-electron chi connectivity index (χ1n) is 7.29. The number of hydroxylamine groups is 1. The maximum atomic E-state index is 6.25. The maximum absolute atomic E-state index is 6.25. The Labute approximate surface area is 124 Å². The van der Waals surface area contributed by atoms with Crippen LogP contribution in [0.3, 0.4) is 0 Å². The predicted molar refractivity (Wildman–Crippen MR) is 77.2 cm³/mol. The van der Waals surface area contributed by atoms with Crippen LogP contribution >= 0.6 is 11.6 Å². The number of hydrogen-bond acceptors (Lipinski definition) is 4. The SMILES string of the molecule is Clc1cc(CNOC2CCCC2)cc2c1OCCCO2. The van der Waals surface area contributed by atoms with E-state index < -0.39 is 0 Å². The predicted octanol–water partition coefficient (Wildman–Crippen LogP) is 3.47. The molecule has 0 atom stereocenters. The minimum Gasteiger partial charge on any atom is -0.489 e. The Hall–Kier alpha value is -0.970. The van der Waals surface area contributed by atoms with E-state index in [0.717, 1.165) is 30.6 Å². The fraction of sp³-hybridized carbons (Fsp3) is 0.600. The minimum absolute atomic E-state index is 0.353. The second-order valence-corrected chi connectivity index (χ2v) is 5.71. The van der Waals surface area contributed by atoms with Gasteiger partial charge in [-0.2, -0.15) is 5.48 Å². The van der Waals surface area contributed by atoms with Crippen molar-refractivity contribution in [2.24, 2.45) is 0 Å². The molecule has 5 heteroatoms. The van der Waals surface area contributed by atoms with E-state index in [1.165, 1.54) is 12.8 Å². The molecule has 0 spiro atoms. The second kappa shape index (κ2) is 6.66. The molecule has 110 valence electrons. The van der Waals surface area contributed by atoms with Gasteiger partial charge in [-0.1, -0.05) is 24.4 Å². The summed E-state index contributed by atoms with van der Waals surface area (Å²) in [5.41, 5.74) is 4.08. The number of benzene rings is 1. The van der Waals surface area contributed by atoms with Crippen molar-refractivity contribution in [2.45, 2.75) is 44.8 Å². The van der Waals surface area contributed by atoms with Gasteiger partial charge in [0, 0.05) is 13.0 Å². The molecular weight excluding hydrogens is 278 g/mol. The largest absolute Gasteiger partial charge is 0.489 e. The van der Waals surface area contributed by atoms with Gasteiger partial charge < -0.3 is 9.47 Å². The van der Waals surface area contributed by atoms with Crippen LogP contribution in [0.2, 0.25) is 5.02 Å². The average molecular weight is 298 g/mol. The Balaban J connectivity index is 1.61. The topological polar surface area (TPSA) is 39.7 Å². The number of halogens is 1. The number of rotatable bonds is 4. The lowest BCUT2D eigenvalue weighted by atomic mass is 10.2. The molecule has 1 saturated carbocycles. The van der Waals surface area contributed by atoms with Crippen LogP contribution in [0.5, 0.6) is 11.5 Å². The molecule has 0 aromatic heterocycles. The van der Waals surface area contributed by atoms with E-state index in [2.05, 4.69) is 5.48 Å². The third kappa shape index (κ3) is 3.37. The first-order chi connectivity index (χ1) is 9.83. The van der Waals surface area contributed by atoms with Gasteiger partial charge >= 0.3 is 0 Å². The van der Waals surface area contributed by atoms with E-state index in [1.807, 2.05) is 12.1 Å². The lowest BCUT2D eigenvalue weighted by Gasteiger charge is -2.14. The van der Waals surface area contributed by atoms with Gasteiger partial charge in [0.2, 0.25) is 0 Å². The summed E-state index contributed by atoms with van der Waals surface area (Å²) in [5, 5.41) is 0.599. The van der Waals surface area contributed by atoms with E-state index in [1.54, 1.807) is 0 Å². The van der Waals surface area contributed by atoms with E-state index in [4.69, 9.17) is 25.9 Å². The molecule has 0 amide bonds. The van der Waals surface area contributed by atoms with Gasteiger partial charge in [0.1, 0.15) is 0 Å². The third-order valence-electron chi connectivity index (χ3n) is 3.69. The summed E-state index contributed by atoms with van der Waals surface area (Å²) in [6.45, 7) is 1.93. The summed E-state index contributed by atoms with van der Waals surface area (Å²) in [6, 6.07) is 3.87. The van der Waals surface area contributed by atoms with Crippen molar-refractivity contribution in [3.63, 3.8) is 0 Å². The van der Waals surface area contributed by atoms with Crippen LogP contribution in [0, 0.1) is 0 Å². The molecule has 2 aliphatic rings. The summed E-state index contributed by atoms with van der Waals surface area (Å²) >= 11 is 6.25. The van der Waals surface area contributed by atoms with E-state index in [-0.39, 0.29) is 0 Å². The zero-order chi connectivity index (χ0) is 13.8. The van der Waals surface area contributed by atoms with Crippen molar-refractivity contribution in [1.29, 1.82) is 0 Å². The highest BCUT2D eigenvalue weighted by molar-refractivity contribution is 6.32. The molecule has 3 rings (SSSR count). The van der Waals surface area contributed by atoms with Gasteiger partial charge in [-0.15, -0.1) is 0 Å². The molecule has 0 radical (unpaired) electrons. The van der Waals surface area contributed by atoms with E-state index in [0.29, 0.717) is 36.6 Å². The highest BCUT2D eigenvalue weighted by atomic mass is 35.5.